The van der Waals surface area contributed by atoms with Crippen molar-refractivity contribution in [3.63, 3.8) is 0 Å². The van der Waals surface area contributed by atoms with Gasteiger partial charge in [-0.2, -0.15) is 0 Å². The fraction of sp³-hybridized carbons (Fsp3) is 0.200. The zero-order chi connectivity index (χ0) is 16.2. The minimum atomic E-state index is -3.60. The Morgan fingerprint density at radius 3 is 2.23 bits per heavy atom. The van der Waals surface area contributed by atoms with Crippen LogP contribution in [-0.2, 0) is 10.0 Å². The summed E-state index contributed by atoms with van der Waals surface area (Å²) >= 11 is 0. The Hall–Kier alpha value is -2.41. The first kappa shape index (κ1) is 16.0. The second kappa shape index (κ2) is 6.57. The zero-order valence-electron chi connectivity index (χ0n) is 12.7. The van der Waals surface area contributed by atoms with Gasteiger partial charge in [0.25, 0.3) is 10.0 Å². The van der Waals surface area contributed by atoms with E-state index < -0.39 is 10.0 Å². The van der Waals surface area contributed by atoms with E-state index in [1.807, 2.05) is 45.3 Å². The van der Waals surface area contributed by atoms with E-state index in [-0.39, 0.29) is 0 Å². The maximum atomic E-state index is 12.0. The van der Waals surface area contributed by atoms with Crippen LogP contribution in [0.4, 0.5) is 11.6 Å². The van der Waals surface area contributed by atoms with Crippen LogP contribution in [0.25, 0.3) is 6.08 Å². The second-order valence-corrected chi connectivity index (χ2v) is 6.59. The molecular formula is C15H18N4O2S. The smallest absolute Gasteiger partial charge is 0.255 e. The van der Waals surface area contributed by atoms with E-state index in [9.17, 15) is 8.42 Å². The van der Waals surface area contributed by atoms with Crippen LogP contribution >= 0.6 is 0 Å². The molecule has 0 bridgehead atoms. The molecule has 2 rings (SSSR count). The fourth-order valence-electron chi connectivity index (χ4n) is 1.65. The van der Waals surface area contributed by atoms with Crippen LogP contribution in [0.2, 0.25) is 0 Å². The van der Waals surface area contributed by atoms with Crippen LogP contribution in [0.3, 0.4) is 0 Å². The molecule has 0 aliphatic heterocycles. The van der Waals surface area contributed by atoms with Gasteiger partial charge in [-0.15, -0.1) is 0 Å². The molecule has 1 heterocycles. The monoisotopic (exact) mass is 318 g/mol. The lowest BCUT2D eigenvalue weighted by Gasteiger charge is -2.10. The molecule has 0 amide bonds. The highest BCUT2D eigenvalue weighted by atomic mass is 32.2. The standard InChI is InChI=1S/C15H18N4O2S/c1-12-4-6-13(7-5-12)8-9-22(20,21)18-14-10-16-15(17-11-14)19(2)3/h4-11,18H,1-3H3/b9-8+. The molecule has 1 N–H and O–H groups in total. The van der Waals surface area contributed by atoms with Gasteiger partial charge in [0, 0.05) is 14.1 Å². The number of anilines is 2. The van der Waals surface area contributed by atoms with Crippen LogP contribution in [0.1, 0.15) is 11.1 Å². The molecular weight excluding hydrogens is 300 g/mol. The van der Waals surface area contributed by atoms with Gasteiger partial charge < -0.3 is 4.90 Å². The fourth-order valence-corrected chi connectivity index (χ4v) is 2.49. The quantitative estimate of drug-likeness (QED) is 0.915. The molecule has 0 saturated carbocycles. The highest BCUT2D eigenvalue weighted by Gasteiger charge is 2.07. The highest BCUT2D eigenvalue weighted by molar-refractivity contribution is 7.95. The largest absolute Gasteiger partial charge is 0.347 e. The van der Waals surface area contributed by atoms with Crippen LogP contribution in [-0.4, -0.2) is 32.5 Å². The van der Waals surface area contributed by atoms with Gasteiger partial charge in [-0.1, -0.05) is 29.8 Å². The summed E-state index contributed by atoms with van der Waals surface area (Å²) in [5.74, 6) is 0.512. The number of rotatable bonds is 5. The van der Waals surface area contributed by atoms with Crippen molar-refractivity contribution in [3.8, 4) is 0 Å². The molecule has 0 spiro atoms. The van der Waals surface area contributed by atoms with E-state index >= 15 is 0 Å². The number of benzene rings is 1. The number of aromatic nitrogens is 2. The molecule has 0 fully saturated rings. The summed E-state index contributed by atoms with van der Waals surface area (Å²) in [5.41, 5.74) is 2.26. The molecule has 6 nitrogen and oxygen atoms in total. The summed E-state index contributed by atoms with van der Waals surface area (Å²) in [7, 11) is 0.0178. The van der Waals surface area contributed by atoms with Crippen molar-refractivity contribution in [1.82, 2.24) is 9.97 Å². The van der Waals surface area contributed by atoms with Gasteiger partial charge in [-0.05, 0) is 18.6 Å². The minimum Gasteiger partial charge on any atom is -0.347 e. The van der Waals surface area contributed by atoms with E-state index in [0.717, 1.165) is 16.5 Å². The van der Waals surface area contributed by atoms with E-state index in [1.165, 1.54) is 18.5 Å². The van der Waals surface area contributed by atoms with Gasteiger partial charge in [-0.3, -0.25) is 4.72 Å². The van der Waals surface area contributed by atoms with Crippen LogP contribution in [0.5, 0.6) is 0 Å². The van der Waals surface area contributed by atoms with E-state index in [2.05, 4.69) is 14.7 Å². The van der Waals surface area contributed by atoms with Gasteiger partial charge >= 0.3 is 0 Å². The molecule has 0 radical (unpaired) electrons. The number of nitrogens with zero attached hydrogens (tertiary/aromatic N) is 3. The topological polar surface area (TPSA) is 75.2 Å². The lowest BCUT2D eigenvalue weighted by Crippen LogP contribution is -2.14. The number of hydrogen-bond acceptors (Lipinski definition) is 5. The number of nitrogens with one attached hydrogen (secondary N) is 1. The van der Waals surface area contributed by atoms with Gasteiger partial charge in [0.05, 0.1) is 23.5 Å². The molecule has 0 unspecified atom stereocenters. The average Bonchev–Trinajstić information content (AvgIpc) is 2.47. The zero-order valence-corrected chi connectivity index (χ0v) is 13.5. The molecule has 2 aromatic rings. The highest BCUT2D eigenvalue weighted by Crippen LogP contribution is 2.11. The van der Waals surface area contributed by atoms with Crippen molar-refractivity contribution in [2.75, 3.05) is 23.7 Å². The SMILES string of the molecule is Cc1ccc(/C=C/S(=O)(=O)Nc2cnc(N(C)C)nc2)cc1. The Morgan fingerprint density at radius 1 is 1.09 bits per heavy atom. The number of hydrogen-bond donors (Lipinski definition) is 1. The maximum absolute atomic E-state index is 12.0. The summed E-state index contributed by atoms with van der Waals surface area (Å²) in [6.07, 6.45) is 4.40. The third kappa shape index (κ3) is 4.56. The molecule has 7 heteroatoms. The first-order chi connectivity index (χ1) is 10.4. The van der Waals surface area contributed by atoms with Crippen LogP contribution in [0.15, 0.2) is 42.1 Å². The predicted octanol–water partition coefficient (Wildman–Crippen LogP) is 2.26. The molecule has 1 aromatic heterocycles. The molecule has 116 valence electrons. The Bertz CT molecular complexity index is 751. The minimum absolute atomic E-state index is 0.319. The Balaban J connectivity index is 2.08. The van der Waals surface area contributed by atoms with Crippen LogP contribution < -0.4 is 9.62 Å². The van der Waals surface area contributed by atoms with Gasteiger partial charge in [-0.25, -0.2) is 18.4 Å². The summed E-state index contributed by atoms with van der Waals surface area (Å²) < 4.78 is 26.4. The van der Waals surface area contributed by atoms with Crippen molar-refractivity contribution in [3.05, 3.63) is 53.2 Å². The van der Waals surface area contributed by atoms with E-state index in [4.69, 9.17) is 0 Å². The summed E-state index contributed by atoms with van der Waals surface area (Å²) in [6, 6.07) is 7.56. The molecule has 0 aliphatic rings. The lowest BCUT2D eigenvalue weighted by atomic mass is 10.2. The molecule has 0 saturated heterocycles. The lowest BCUT2D eigenvalue weighted by molar-refractivity contribution is 0.609. The van der Waals surface area contributed by atoms with Crippen molar-refractivity contribution in [1.29, 1.82) is 0 Å². The number of sulfonamides is 1. The normalized spacial score (nSPS) is 11.6. The summed E-state index contributed by atoms with van der Waals surface area (Å²) in [4.78, 5) is 9.84. The third-order valence-electron chi connectivity index (χ3n) is 2.82. The Labute approximate surface area is 130 Å². The van der Waals surface area contributed by atoms with Gasteiger partial charge in [0.2, 0.25) is 5.95 Å². The summed E-state index contributed by atoms with van der Waals surface area (Å²) in [6.45, 7) is 1.98. The molecule has 0 atom stereocenters. The summed E-state index contributed by atoms with van der Waals surface area (Å²) in [5, 5.41) is 1.12. The second-order valence-electron chi connectivity index (χ2n) is 5.03. The van der Waals surface area contributed by atoms with E-state index in [0.29, 0.717) is 11.6 Å². The average molecular weight is 318 g/mol. The van der Waals surface area contributed by atoms with Crippen molar-refractivity contribution >= 4 is 27.7 Å². The molecule has 1 aromatic carbocycles. The third-order valence-corrected chi connectivity index (χ3v) is 3.83. The van der Waals surface area contributed by atoms with Crippen molar-refractivity contribution < 1.29 is 8.42 Å². The first-order valence-electron chi connectivity index (χ1n) is 6.63. The predicted molar refractivity (Wildman–Crippen MR) is 89.1 cm³/mol. The van der Waals surface area contributed by atoms with Crippen LogP contribution in [0, 0.1) is 6.92 Å². The molecule has 22 heavy (non-hydrogen) atoms. The van der Waals surface area contributed by atoms with E-state index in [1.54, 1.807) is 4.90 Å². The van der Waals surface area contributed by atoms with Crippen molar-refractivity contribution in [2.45, 2.75) is 6.92 Å². The van der Waals surface area contributed by atoms with Gasteiger partial charge in [0.1, 0.15) is 0 Å². The number of aryl methyl sites for hydroxylation is 1. The van der Waals surface area contributed by atoms with Gasteiger partial charge in [0.15, 0.2) is 0 Å². The molecule has 0 aliphatic carbocycles. The Kier molecular flexibility index (Phi) is 4.77. The first-order valence-corrected chi connectivity index (χ1v) is 8.17. The van der Waals surface area contributed by atoms with Crippen molar-refractivity contribution in [2.24, 2.45) is 0 Å². The Morgan fingerprint density at radius 2 is 1.68 bits per heavy atom. The maximum Gasteiger partial charge on any atom is 0.255 e.